The maximum Gasteiger partial charge on any atom is 0.225 e. The van der Waals surface area contributed by atoms with E-state index in [1.807, 2.05) is 30.6 Å². The summed E-state index contributed by atoms with van der Waals surface area (Å²) in [5.74, 6) is 0.783. The van der Waals surface area contributed by atoms with Gasteiger partial charge in [0.2, 0.25) is 5.95 Å². The van der Waals surface area contributed by atoms with E-state index in [1.165, 1.54) is 0 Å². The minimum absolute atomic E-state index is 0.291. The number of nitrogens with zero attached hydrogens (tertiary/aromatic N) is 4. The van der Waals surface area contributed by atoms with Gasteiger partial charge in [-0.3, -0.25) is 4.98 Å². The number of aromatic nitrogens is 3. The minimum Gasteiger partial charge on any atom is -0.376 e. The zero-order valence-corrected chi connectivity index (χ0v) is 13.0. The highest BCUT2D eigenvalue weighted by atomic mass is 16.5. The van der Waals surface area contributed by atoms with Crippen LogP contribution in [0.15, 0.2) is 36.8 Å². The van der Waals surface area contributed by atoms with Crippen LogP contribution >= 0.6 is 0 Å². The van der Waals surface area contributed by atoms with Crippen LogP contribution in [-0.2, 0) is 4.74 Å². The molecule has 0 aromatic carbocycles. The second-order valence-corrected chi connectivity index (χ2v) is 5.56. The lowest BCUT2D eigenvalue weighted by Gasteiger charge is -2.32. The Morgan fingerprint density at radius 3 is 3.09 bits per heavy atom. The van der Waals surface area contributed by atoms with Crippen molar-refractivity contribution in [3.8, 4) is 11.3 Å². The maximum atomic E-state index is 5.89. The lowest BCUT2D eigenvalue weighted by atomic mass is 10.1. The molecular weight excluding hydrogens is 276 g/mol. The molecule has 1 aliphatic rings. The number of hydrogen-bond donors (Lipinski definition) is 0. The summed E-state index contributed by atoms with van der Waals surface area (Å²) < 4.78 is 5.89. The first-order valence-electron chi connectivity index (χ1n) is 7.97. The minimum atomic E-state index is 0.291. The van der Waals surface area contributed by atoms with Crippen molar-refractivity contribution >= 4 is 5.95 Å². The summed E-state index contributed by atoms with van der Waals surface area (Å²) in [5.41, 5.74) is 1.93. The van der Waals surface area contributed by atoms with Gasteiger partial charge >= 0.3 is 0 Å². The molecule has 3 rings (SSSR count). The van der Waals surface area contributed by atoms with E-state index in [1.54, 1.807) is 6.20 Å². The highest BCUT2D eigenvalue weighted by Crippen LogP contribution is 2.21. The average Bonchev–Trinajstić information content (AvgIpc) is 2.61. The molecule has 0 radical (unpaired) electrons. The number of piperidine rings is 1. The molecule has 1 saturated heterocycles. The molecule has 5 nitrogen and oxygen atoms in total. The van der Waals surface area contributed by atoms with Gasteiger partial charge in [0.05, 0.1) is 11.8 Å². The summed E-state index contributed by atoms with van der Waals surface area (Å²) in [6.45, 7) is 4.83. The third-order valence-electron chi connectivity index (χ3n) is 3.82. The molecule has 0 saturated carbocycles. The molecule has 0 amide bonds. The van der Waals surface area contributed by atoms with Crippen molar-refractivity contribution in [3.63, 3.8) is 0 Å². The molecule has 5 heteroatoms. The Kier molecular flexibility index (Phi) is 4.96. The third kappa shape index (κ3) is 3.60. The smallest absolute Gasteiger partial charge is 0.225 e. The Labute approximate surface area is 131 Å². The van der Waals surface area contributed by atoms with Crippen molar-refractivity contribution in [2.45, 2.75) is 32.3 Å². The SMILES string of the molecule is CCCO[C@@H]1CCCN(c2nccc(-c3cccnc3)n2)C1. The van der Waals surface area contributed by atoms with Crippen molar-refractivity contribution in [2.24, 2.45) is 0 Å². The maximum absolute atomic E-state index is 5.89. The predicted molar refractivity (Wildman–Crippen MR) is 86.7 cm³/mol. The summed E-state index contributed by atoms with van der Waals surface area (Å²) in [7, 11) is 0. The van der Waals surface area contributed by atoms with Gasteiger partial charge in [-0.1, -0.05) is 6.92 Å². The Balaban J connectivity index is 1.74. The van der Waals surface area contributed by atoms with Gasteiger partial charge in [-0.2, -0.15) is 0 Å². The lowest BCUT2D eigenvalue weighted by molar-refractivity contribution is 0.0437. The highest BCUT2D eigenvalue weighted by molar-refractivity contribution is 5.58. The number of anilines is 1. The first-order valence-corrected chi connectivity index (χ1v) is 7.97. The molecule has 116 valence electrons. The fourth-order valence-electron chi connectivity index (χ4n) is 2.72. The van der Waals surface area contributed by atoms with E-state index in [2.05, 4.69) is 21.8 Å². The third-order valence-corrected chi connectivity index (χ3v) is 3.82. The van der Waals surface area contributed by atoms with Gasteiger partial charge < -0.3 is 9.64 Å². The standard InChI is InChI=1S/C17H22N4O/c1-2-11-22-15-6-4-10-21(13-15)17-19-9-7-16(20-17)14-5-3-8-18-12-14/h3,5,7-9,12,15H,2,4,6,10-11,13H2,1H3/t15-/m1/s1. The molecule has 0 N–H and O–H groups in total. The molecule has 1 fully saturated rings. The summed E-state index contributed by atoms with van der Waals surface area (Å²) in [4.78, 5) is 15.5. The largest absolute Gasteiger partial charge is 0.376 e. The fraction of sp³-hybridized carbons (Fsp3) is 0.471. The molecule has 0 unspecified atom stereocenters. The Morgan fingerprint density at radius 1 is 1.32 bits per heavy atom. The van der Waals surface area contributed by atoms with E-state index in [4.69, 9.17) is 9.72 Å². The molecule has 0 aliphatic carbocycles. The molecule has 3 heterocycles. The first kappa shape index (κ1) is 14.9. The summed E-state index contributed by atoms with van der Waals surface area (Å²) in [5, 5.41) is 0. The van der Waals surface area contributed by atoms with Crippen LogP contribution in [0.2, 0.25) is 0 Å². The van der Waals surface area contributed by atoms with E-state index in [0.717, 1.165) is 56.2 Å². The number of pyridine rings is 1. The second kappa shape index (κ2) is 7.31. The van der Waals surface area contributed by atoms with Gasteiger partial charge in [0.1, 0.15) is 0 Å². The molecular formula is C17H22N4O. The monoisotopic (exact) mass is 298 g/mol. The van der Waals surface area contributed by atoms with Crippen molar-refractivity contribution in [2.75, 3.05) is 24.6 Å². The zero-order chi connectivity index (χ0) is 15.2. The summed E-state index contributed by atoms with van der Waals surface area (Å²) >= 11 is 0. The second-order valence-electron chi connectivity index (χ2n) is 5.56. The van der Waals surface area contributed by atoms with Crippen LogP contribution in [0.5, 0.6) is 0 Å². The van der Waals surface area contributed by atoms with E-state index >= 15 is 0 Å². The van der Waals surface area contributed by atoms with Crippen molar-refractivity contribution < 1.29 is 4.74 Å². The van der Waals surface area contributed by atoms with Crippen molar-refractivity contribution in [3.05, 3.63) is 36.8 Å². The van der Waals surface area contributed by atoms with Crippen LogP contribution in [0.25, 0.3) is 11.3 Å². The van der Waals surface area contributed by atoms with Gasteiger partial charge in [-0.25, -0.2) is 9.97 Å². The van der Waals surface area contributed by atoms with Crippen LogP contribution in [0.4, 0.5) is 5.95 Å². The van der Waals surface area contributed by atoms with Gasteiger partial charge in [0, 0.05) is 43.9 Å². The van der Waals surface area contributed by atoms with Crippen molar-refractivity contribution in [1.29, 1.82) is 0 Å². The van der Waals surface area contributed by atoms with Crippen LogP contribution < -0.4 is 4.90 Å². The fourth-order valence-corrected chi connectivity index (χ4v) is 2.72. The van der Waals surface area contributed by atoms with Crippen LogP contribution in [-0.4, -0.2) is 40.8 Å². The Morgan fingerprint density at radius 2 is 2.27 bits per heavy atom. The Hall–Kier alpha value is -2.01. The van der Waals surface area contributed by atoms with Crippen LogP contribution in [0, 0.1) is 0 Å². The van der Waals surface area contributed by atoms with E-state index in [-0.39, 0.29) is 0 Å². The highest BCUT2D eigenvalue weighted by Gasteiger charge is 2.22. The Bertz CT molecular complexity index is 590. The van der Waals surface area contributed by atoms with Gasteiger partial charge in [0.25, 0.3) is 0 Å². The van der Waals surface area contributed by atoms with Crippen LogP contribution in [0.1, 0.15) is 26.2 Å². The molecule has 2 aromatic heterocycles. The van der Waals surface area contributed by atoms with Crippen molar-refractivity contribution in [1.82, 2.24) is 15.0 Å². The van der Waals surface area contributed by atoms with E-state index in [9.17, 15) is 0 Å². The number of rotatable bonds is 5. The number of hydrogen-bond acceptors (Lipinski definition) is 5. The lowest BCUT2D eigenvalue weighted by Crippen LogP contribution is -2.40. The van der Waals surface area contributed by atoms with E-state index < -0.39 is 0 Å². The molecule has 1 atom stereocenters. The summed E-state index contributed by atoms with van der Waals surface area (Å²) in [6.07, 6.45) is 9.01. The molecule has 2 aromatic rings. The predicted octanol–water partition coefficient (Wildman–Crippen LogP) is 2.93. The van der Waals surface area contributed by atoms with Gasteiger partial charge in [0.15, 0.2) is 0 Å². The first-order chi connectivity index (χ1) is 10.9. The van der Waals surface area contributed by atoms with Gasteiger partial charge in [-0.05, 0) is 37.5 Å². The molecule has 0 bridgehead atoms. The molecule has 0 spiro atoms. The normalized spacial score (nSPS) is 18.4. The quantitative estimate of drug-likeness (QED) is 0.849. The summed E-state index contributed by atoms with van der Waals surface area (Å²) in [6, 6.07) is 5.87. The molecule has 1 aliphatic heterocycles. The average molecular weight is 298 g/mol. The van der Waals surface area contributed by atoms with E-state index in [0.29, 0.717) is 6.10 Å². The van der Waals surface area contributed by atoms with Gasteiger partial charge in [-0.15, -0.1) is 0 Å². The molecule has 22 heavy (non-hydrogen) atoms. The number of ether oxygens (including phenoxy) is 1. The van der Waals surface area contributed by atoms with Crippen LogP contribution in [0.3, 0.4) is 0 Å². The topological polar surface area (TPSA) is 51.1 Å². The zero-order valence-electron chi connectivity index (χ0n) is 13.0.